The maximum atomic E-state index is 13.4. The van der Waals surface area contributed by atoms with E-state index in [-0.39, 0.29) is 24.3 Å². The molecule has 0 aliphatic carbocycles. The summed E-state index contributed by atoms with van der Waals surface area (Å²) in [6, 6.07) is 19.8. The van der Waals surface area contributed by atoms with Crippen molar-refractivity contribution in [2.24, 2.45) is 0 Å². The topological polar surface area (TPSA) is 111 Å². The standard InChI is InChI=1S/C28H22N4O4/c1-3-35-22-8-9-23-24(14-22)28(34)32(31-27(23)20-6-4-5-19(11-20)15-29)16-21(33)12-18-7-10-25-26(13-18)36-17(2)30-25/h4-11,13-14H,3,12,16H2,1-2H3. The predicted molar refractivity (Wildman–Crippen MR) is 135 cm³/mol. The molecule has 2 heterocycles. The molecule has 8 heteroatoms. The van der Waals surface area contributed by atoms with Crippen LogP contribution in [0.5, 0.6) is 5.75 Å². The van der Waals surface area contributed by atoms with Crippen LogP contribution in [-0.4, -0.2) is 27.2 Å². The fraction of sp³-hybridized carbons (Fsp3) is 0.179. The van der Waals surface area contributed by atoms with Gasteiger partial charge in [-0.3, -0.25) is 9.59 Å². The van der Waals surface area contributed by atoms with E-state index in [0.29, 0.717) is 51.4 Å². The van der Waals surface area contributed by atoms with Gasteiger partial charge in [0.25, 0.3) is 5.56 Å². The number of ether oxygens (including phenoxy) is 1. The van der Waals surface area contributed by atoms with Gasteiger partial charge in [0, 0.05) is 24.3 Å². The lowest BCUT2D eigenvalue weighted by molar-refractivity contribution is -0.119. The summed E-state index contributed by atoms with van der Waals surface area (Å²) in [5.74, 6) is 0.926. The molecule has 0 bridgehead atoms. The number of rotatable bonds is 7. The molecule has 0 spiro atoms. The van der Waals surface area contributed by atoms with E-state index in [0.717, 1.165) is 11.1 Å². The van der Waals surface area contributed by atoms with Crippen LogP contribution >= 0.6 is 0 Å². The zero-order valence-corrected chi connectivity index (χ0v) is 19.8. The first-order valence-electron chi connectivity index (χ1n) is 11.5. The molecule has 8 nitrogen and oxygen atoms in total. The predicted octanol–water partition coefficient (Wildman–Crippen LogP) is 4.60. The van der Waals surface area contributed by atoms with Crippen molar-refractivity contribution in [3.63, 3.8) is 0 Å². The van der Waals surface area contributed by atoms with Gasteiger partial charge < -0.3 is 9.15 Å². The van der Waals surface area contributed by atoms with Crippen LogP contribution in [0.25, 0.3) is 33.1 Å². The van der Waals surface area contributed by atoms with Crippen molar-refractivity contribution in [3.05, 3.63) is 88.0 Å². The van der Waals surface area contributed by atoms with Crippen LogP contribution in [-0.2, 0) is 17.8 Å². The summed E-state index contributed by atoms with van der Waals surface area (Å²) in [7, 11) is 0. The third-order valence-corrected chi connectivity index (χ3v) is 5.80. The van der Waals surface area contributed by atoms with Crippen LogP contribution in [0.4, 0.5) is 0 Å². The molecule has 3 aromatic carbocycles. The highest BCUT2D eigenvalue weighted by molar-refractivity contribution is 5.95. The van der Waals surface area contributed by atoms with Gasteiger partial charge in [0.2, 0.25) is 0 Å². The molecule has 0 unspecified atom stereocenters. The first-order chi connectivity index (χ1) is 17.4. The number of aromatic nitrogens is 3. The van der Waals surface area contributed by atoms with E-state index in [1.54, 1.807) is 49.4 Å². The second-order valence-electron chi connectivity index (χ2n) is 8.39. The highest BCUT2D eigenvalue weighted by Gasteiger charge is 2.16. The Kier molecular flexibility index (Phi) is 6.05. The minimum absolute atomic E-state index is 0.111. The Labute approximate surface area is 206 Å². The number of nitrogens with zero attached hydrogens (tertiary/aromatic N) is 4. The number of aryl methyl sites for hydroxylation is 1. The third kappa shape index (κ3) is 4.46. The van der Waals surface area contributed by atoms with E-state index in [1.807, 2.05) is 25.1 Å². The zero-order chi connectivity index (χ0) is 25.2. The van der Waals surface area contributed by atoms with Crippen molar-refractivity contribution in [1.82, 2.24) is 14.8 Å². The molecule has 0 saturated heterocycles. The van der Waals surface area contributed by atoms with E-state index in [1.165, 1.54) is 4.68 Å². The van der Waals surface area contributed by atoms with Gasteiger partial charge in [0.1, 0.15) is 17.8 Å². The Bertz CT molecular complexity index is 1730. The molecule has 0 atom stereocenters. The van der Waals surface area contributed by atoms with Crippen LogP contribution in [0.1, 0.15) is 23.9 Å². The van der Waals surface area contributed by atoms with Crippen LogP contribution in [0.3, 0.4) is 0 Å². The van der Waals surface area contributed by atoms with E-state index in [2.05, 4.69) is 16.2 Å². The number of hydrogen-bond donors (Lipinski definition) is 0. The van der Waals surface area contributed by atoms with Gasteiger partial charge in [0.15, 0.2) is 17.3 Å². The summed E-state index contributed by atoms with van der Waals surface area (Å²) in [6.45, 7) is 3.88. The van der Waals surface area contributed by atoms with Crippen molar-refractivity contribution >= 4 is 27.7 Å². The highest BCUT2D eigenvalue weighted by Crippen LogP contribution is 2.28. The number of carbonyl (C=O) groups excluding carboxylic acids is 1. The van der Waals surface area contributed by atoms with E-state index in [4.69, 9.17) is 9.15 Å². The largest absolute Gasteiger partial charge is 0.494 e. The number of oxazole rings is 1. The molecule has 0 saturated carbocycles. The molecule has 5 rings (SSSR count). The molecule has 5 aromatic rings. The van der Waals surface area contributed by atoms with Gasteiger partial charge in [-0.05, 0) is 55.0 Å². The lowest BCUT2D eigenvalue weighted by Gasteiger charge is -2.12. The summed E-state index contributed by atoms with van der Waals surface area (Å²) in [4.78, 5) is 30.7. The van der Waals surface area contributed by atoms with Crippen molar-refractivity contribution in [2.75, 3.05) is 6.61 Å². The van der Waals surface area contributed by atoms with E-state index >= 15 is 0 Å². The Morgan fingerprint density at radius 1 is 1.11 bits per heavy atom. The Hall–Kier alpha value is -4.77. The van der Waals surface area contributed by atoms with E-state index in [9.17, 15) is 14.9 Å². The molecule has 178 valence electrons. The third-order valence-electron chi connectivity index (χ3n) is 5.80. The van der Waals surface area contributed by atoms with Crippen molar-refractivity contribution in [1.29, 1.82) is 5.26 Å². The SMILES string of the molecule is CCOc1ccc2c(-c3cccc(C#N)c3)nn(CC(=O)Cc3ccc4nc(C)oc4c3)c(=O)c2c1. The van der Waals surface area contributed by atoms with Crippen molar-refractivity contribution < 1.29 is 13.9 Å². The number of carbonyl (C=O) groups is 1. The second-order valence-corrected chi connectivity index (χ2v) is 8.39. The molecule has 0 radical (unpaired) electrons. The first-order valence-corrected chi connectivity index (χ1v) is 11.5. The Morgan fingerprint density at radius 3 is 2.78 bits per heavy atom. The molecule has 0 N–H and O–H groups in total. The highest BCUT2D eigenvalue weighted by atomic mass is 16.5. The lowest BCUT2D eigenvalue weighted by atomic mass is 10.0. The summed E-state index contributed by atoms with van der Waals surface area (Å²) in [5, 5.41) is 14.9. The molecular formula is C28H22N4O4. The summed E-state index contributed by atoms with van der Waals surface area (Å²) < 4.78 is 12.3. The monoisotopic (exact) mass is 478 g/mol. The molecule has 36 heavy (non-hydrogen) atoms. The molecule has 2 aromatic heterocycles. The van der Waals surface area contributed by atoms with Gasteiger partial charge in [-0.1, -0.05) is 18.2 Å². The average Bonchev–Trinajstić information content (AvgIpc) is 3.25. The smallest absolute Gasteiger partial charge is 0.275 e. The number of benzene rings is 3. The van der Waals surface area contributed by atoms with Crippen LogP contribution in [0.15, 0.2) is 69.9 Å². The van der Waals surface area contributed by atoms with Crippen molar-refractivity contribution in [2.45, 2.75) is 26.8 Å². The van der Waals surface area contributed by atoms with Gasteiger partial charge in [-0.25, -0.2) is 9.67 Å². The number of nitriles is 1. The summed E-state index contributed by atoms with van der Waals surface area (Å²) in [6.07, 6.45) is 0.111. The number of ketones is 1. The lowest BCUT2D eigenvalue weighted by Crippen LogP contribution is -2.28. The number of fused-ring (bicyclic) bond motifs is 2. The van der Waals surface area contributed by atoms with Gasteiger partial charge in [-0.15, -0.1) is 0 Å². The van der Waals surface area contributed by atoms with Crippen molar-refractivity contribution in [3.8, 4) is 23.1 Å². The second kappa shape index (κ2) is 9.47. The van der Waals surface area contributed by atoms with Gasteiger partial charge in [-0.2, -0.15) is 10.4 Å². The maximum Gasteiger partial charge on any atom is 0.275 e. The molecule has 0 aliphatic heterocycles. The summed E-state index contributed by atoms with van der Waals surface area (Å²) >= 11 is 0. The van der Waals surface area contributed by atoms with Crippen LogP contribution in [0.2, 0.25) is 0 Å². The molecule has 0 fully saturated rings. The fourth-order valence-corrected chi connectivity index (χ4v) is 4.22. The van der Waals surface area contributed by atoms with Gasteiger partial charge in [0.05, 0.1) is 29.3 Å². The Morgan fingerprint density at radius 2 is 1.97 bits per heavy atom. The molecule has 0 aliphatic rings. The average molecular weight is 479 g/mol. The van der Waals surface area contributed by atoms with Crippen LogP contribution in [0, 0.1) is 18.3 Å². The number of Topliss-reactive ketones (excluding diaryl/α,β-unsaturated/α-hetero) is 1. The Balaban J connectivity index is 1.55. The van der Waals surface area contributed by atoms with E-state index < -0.39 is 0 Å². The number of hydrogen-bond acceptors (Lipinski definition) is 7. The normalized spacial score (nSPS) is 11.0. The summed E-state index contributed by atoms with van der Waals surface area (Å²) in [5.41, 5.74) is 3.37. The molecule has 0 amide bonds. The fourth-order valence-electron chi connectivity index (χ4n) is 4.22. The minimum atomic E-state index is -0.388. The minimum Gasteiger partial charge on any atom is -0.494 e. The zero-order valence-electron chi connectivity index (χ0n) is 19.8. The first kappa shape index (κ1) is 23.0. The molecular weight excluding hydrogens is 456 g/mol. The van der Waals surface area contributed by atoms with Crippen LogP contribution < -0.4 is 10.3 Å². The maximum absolute atomic E-state index is 13.4. The quantitative estimate of drug-likeness (QED) is 0.336. The van der Waals surface area contributed by atoms with Gasteiger partial charge >= 0.3 is 0 Å².